The highest BCUT2D eigenvalue weighted by atomic mass is 16.2. The maximum Gasteiger partial charge on any atom is 0.320 e. The summed E-state index contributed by atoms with van der Waals surface area (Å²) in [6, 6.07) is 0.465. The third-order valence-corrected chi connectivity index (χ3v) is 4.53. The van der Waals surface area contributed by atoms with E-state index < -0.39 is 0 Å². The molecule has 4 nitrogen and oxygen atoms in total. The quantitative estimate of drug-likeness (QED) is 0.776. The van der Waals surface area contributed by atoms with Crippen molar-refractivity contribution in [2.45, 2.75) is 45.6 Å². The van der Waals surface area contributed by atoms with Crippen LogP contribution in [0.4, 0.5) is 4.79 Å². The molecular weight excluding hydrogens is 226 g/mol. The smallest absolute Gasteiger partial charge is 0.320 e. The van der Waals surface area contributed by atoms with Crippen LogP contribution in [0.3, 0.4) is 0 Å². The largest absolute Gasteiger partial charge is 0.328 e. The number of amides is 2. The monoisotopic (exact) mass is 253 g/mol. The molecule has 4 heteroatoms. The summed E-state index contributed by atoms with van der Waals surface area (Å²) in [6.07, 6.45) is 4.71. The molecule has 0 bridgehead atoms. The Morgan fingerprint density at radius 1 is 1.22 bits per heavy atom. The Hall–Kier alpha value is -0.770. The Kier molecular flexibility index (Phi) is 4.49. The lowest BCUT2D eigenvalue weighted by molar-refractivity contribution is 0.0831. The van der Waals surface area contributed by atoms with Crippen LogP contribution in [0, 0.1) is 11.8 Å². The van der Waals surface area contributed by atoms with Crippen LogP contribution in [0.1, 0.15) is 39.5 Å². The first-order valence-electron chi connectivity index (χ1n) is 7.39. The molecule has 0 radical (unpaired) electrons. The molecule has 2 aliphatic heterocycles. The molecule has 2 saturated heterocycles. The molecule has 104 valence electrons. The number of urea groups is 1. The van der Waals surface area contributed by atoms with Gasteiger partial charge in [0.05, 0.1) is 0 Å². The second-order valence-corrected chi connectivity index (χ2v) is 6.09. The summed E-state index contributed by atoms with van der Waals surface area (Å²) in [7, 11) is 0. The summed E-state index contributed by atoms with van der Waals surface area (Å²) < 4.78 is 0. The molecule has 0 spiro atoms. The summed E-state index contributed by atoms with van der Waals surface area (Å²) in [5.74, 6) is 1.18. The summed E-state index contributed by atoms with van der Waals surface area (Å²) in [5.41, 5.74) is 5.87. The van der Waals surface area contributed by atoms with Crippen molar-refractivity contribution in [1.29, 1.82) is 0 Å². The van der Waals surface area contributed by atoms with Gasteiger partial charge in [-0.15, -0.1) is 0 Å². The second-order valence-electron chi connectivity index (χ2n) is 6.09. The molecule has 0 aromatic rings. The van der Waals surface area contributed by atoms with E-state index in [2.05, 4.69) is 13.8 Å². The van der Waals surface area contributed by atoms with E-state index in [9.17, 15) is 4.79 Å². The fourth-order valence-corrected chi connectivity index (χ4v) is 3.39. The summed E-state index contributed by atoms with van der Waals surface area (Å²) >= 11 is 0. The molecule has 2 heterocycles. The SMILES string of the molecule is CC1CCCN(C(=O)N2CCCC(C)C2CN)C1. The van der Waals surface area contributed by atoms with Gasteiger partial charge in [-0.05, 0) is 37.5 Å². The van der Waals surface area contributed by atoms with Crippen LogP contribution in [0.2, 0.25) is 0 Å². The maximum absolute atomic E-state index is 12.6. The highest BCUT2D eigenvalue weighted by molar-refractivity contribution is 5.75. The number of carbonyl (C=O) groups excluding carboxylic acids is 1. The molecule has 2 rings (SSSR count). The van der Waals surface area contributed by atoms with E-state index >= 15 is 0 Å². The molecule has 0 aromatic heterocycles. The lowest BCUT2D eigenvalue weighted by Gasteiger charge is -2.43. The van der Waals surface area contributed by atoms with Crippen molar-refractivity contribution in [3.05, 3.63) is 0 Å². The minimum absolute atomic E-state index is 0.226. The van der Waals surface area contributed by atoms with Crippen molar-refractivity contribution in [3.8, 4) is 0 Å². The van der Waals surface area contributed by atoms with E-state index in [0.29, 0.717) is 18.4 Å². The number of nitrogens with two attached hydrogens (primary N) is 1. The van der Waals surface area contributed by atoms with E-state index in [-0.39, 0.29) is 12.1 Å². The predicted octanol–water partition coefficient (Wildman–Crippen LogP) is 1.90. The van der Waals surface area contributed by atoms with Crippen molar-refractivity contribution in [1.82, 2.24) is 9.80 Å². The minimum atomic E-state index is 0.226. The van der Waals surface area contributed by atoms with E-state index in [1.54, 1.807) is 0 Å². The topological polar surface area (TPSA) is 49.6 Å². The van der Waals surface area contributed by atoms with Crippen molar-refractivity contribution >= 4 is 6.03 Å². The van der Waals surface area contributed by atoms with Crippen molar-refractivity contribution in [2.75, 3.05) is 26.2 Å². The summed E-state index contributed by atoms with van der Waals surface area (Å²) in [5, 5.41) is 0. The van der Waals surface area contributed by atoms with E-state index in [0.717, 1.165) is 32.5 Å². The molecule has 3 atom stereocenters. The van der Waals surface area contributed by atoms with Crippen LogP contribution in [0.25, 0.3) is 0 Å². The minimum Gasteiger partial charge on any atom is -0.328 e. The zero-order chi connectivity index (χ0) is 13.1. The first-order chi connectivity index (χ1) is 8.63. The van der Waals surface area contributed by atoms with E-state index in [1.165, 1.54) is 12.8 Å². The Balaban J connectivity index is 2.02. The van der Waals surface area contributed by atoms with Gasteiger partial charge in [-0.3, -0.25) is 0 Å². The Labute approximate surface area is 110 Å². The van der Waals surface area contributed by atoms with Gasteiger partial charge in [0, 0.05) is 32.2 Å². The van der Waals surface area contributed by atoms with Crippen LogP contribution < -0.4 is 5.73 Å². The Morgan fingerprint density at radius 2 is 1.94 bits per heavy atom. The number of nitrogens with zero attached hydrogens (tertiary/aromatic N) is 2. The molecule has 18 heavy (non-hydrogen) atoms. The van der Waals surface area contributed by atoms with Crippen LogP contribution in [-0.2, 0) is 0 Å². The average molecular weight is 253 g/mol. The van der Waals surface area contributed by atoms with Crippen molar-refractivity contribution < 1.29 is 4.79 Å². The molecule has 2 fully saturated rings. The zero-order valence-corrected chi connectivity index (χ0v) is 11.8. The zero-order valence-electron chi connectivity index (χ0n) is 11.8. The van der Waals surface area contributed by atoms with Crippen LogP contribution >= 0.6 is 0 Å². The second kappa shape index (κ2) is 5.91. The first kappa shape index (κ1) is 13.7. The Bertz CT molecular complexity index is 295. The average Bonchev–Trinajstić information content (AvgIpc) is 2.37. The van der Waals surface area contributed by atoms with Crippen molar-refractivity contribution in [2.24, 2.45) is 17.6 Å². The van der Waals surface area contributed by atoms with Gasteiger partial charge in [-0.25, -0.2) is 4.79 Å². The maximum atomic E-state index is 12.6. The van der Waals surface area contributed by atoms with Crippen molar-refractivity contribution in [3.63, 3.8) is 0 Å². The number of hydrogen-bond donors (Lipinski definition) is 1. The molecule has 3 unspecified atom stereocenters. The van der Waals surface area contributed by atoms with Crippen LogP contribution in [0.15, 0.2) is 0 Å². The predicted molar refractivity (Wildman–Crippen MR) is 73.3 cm³/mol. The van der Waals surface area contributed by atoms with Gasteiger partial charge in [0.25, 0.3) is 0 Å². The number of rotatable bonds is 1. The molecule has 2 N–H and O–H groups in total. The van der Waals surface area contributed by atoms with Gasteiger partial charge in [0.15, 0.2) is 0 Å². The van der Waals surface area contributed by atoms with Gasteiger partial charge in [0.2, 0.25) is 0 Å². The van der Waals surface area contributed by atoms with Gasteiger partial charge in [-0.1, -0.05) is 13.8 Å². The standard InChI is InChI=1S/C14H27N3O/c1-11-5-3-7-16(10-11)14(18)17-8-4-6-12(2)13(17)9-15/h11-13H,3-10,15H2,1-2H3. The Morgan fingerprint density at radius 3 is 2.61 bits per heavy atom. The highest BCUT2D eigenvalue weighted by Crippen LogP contribution is 2.25. The number of piperidine rings is 2. The lowest BCUT2D eigenvalue weighted by atomic mass is 9.91. The lowest BCUT2D eigenvalue weighted by Crippen LogP contribution is -2.56. The normalized spacial score (nSPS) is 33.6. The van der Waals surface area contributed by atoms with Gasteiger partial charge < -0.3 is 15.5 Å². The third-order valence-electron chi connectivity index (χ3n) is 4.53. The molecule has 0 aromatic carbocycles. The van der Waals surface area contributed by atoms with Gasteiger partial charge in [0.1, 0.15) is 0 Å². The molecule has 0 saturated carbocycles. The molecule has 2 amide bonds. The third kappa shape index (κ3) is 2.79. The summed E-state index contributed by atoms with van der Waals surface area (Å²) in [4.78, 5) is 16.7. The van der Waals surface area contributed by atoms with E-state index in [1.807, 2.05) is 9.80 Å². The number of likely N-dealkylation sites (tertiary alicyclic amines) is 2. The van der Waals surface area contributed by atoms with Gasteiger partial charge in [-0.2, -0.15) is 0 Å². The number of carbonyl (C=O) groups is 1. The fraction of sp³-hybridized carbons (Fsp3) is 0.929. The summed E-state index contributed by atoms with van der Waals surface area (Å²) in [6.45, 7) is 7.77. The fourth-order valence-electron chi connectivity index (χ4n) is 3.39. The van der Waals surface area contributed by atoms with Crippen LogP contribution in [0.5, 0.6) is 0 Å². The van der Waals surface area contributed by atoms with Crippen LogP contribution in [-0.4, -0.2) is 48.1 Å². The first-order valence-corrected chi connectivity index (χ1v) is 7.39. The molecule has 2 aliphatic rings. The highest BCUT2D eigenvalue weighted by Gasteiger charge is 2.34. The van der Waals surface area contributed by atoms with Gasteiger partial charge >= 0.3 is 6.03 Å². The molecule has 0 aliphatic carbocycles. The number of hydrogen-bond acceptors (Lipinski definition) is 2. The molecular formula is C14H27N3O. The van der Waals surface area contributed by atoms with E-state index in [4.69, 9.17) is 5.73 Å².